The lowest BCUT2D eigenvalue weighted by atomic mass is 10.1. The van der Waals surface area contributed by atoms with E-state index in [4.69, 9.17) is 11.6 Å². The molecule has 1 saturated heterocycles. The number of halogens is 1. The van der Waals surface area contributed by atoms with E-state index in [0.717, 1.165) is 45.2 Å². The number of rotatable bonds is 3. The van der Waals surface area contributed by atoms with Gasteiger partial charge in [0.15, 0.2) is 0 Å². The molecular formula is C13H21ClN2O2. The Morgan fingerprint density at radius 3 is 2.56 bits per heavy atom. The summed E-state index contributed by atoms with van der Waals surface area (Å²) in [5, 5.41) is 2.41. The number of amides is 2. The number of carbonyl (C=O) groups is 2. The summed E-state index contributed by atoms with van der Waals surface area (Å²) < 4.78 is 0. The fourth-order valence-corrected chi connectivity index (χ4v) is 2.91. The maximum absolute atomic E-state index is 12.2. The highest BCUT2D eigenvalue weighted by atomic mass is 35.5. The summed E-state index contributed by atoms with van der Waals surface area (Å²) in [6, 6.07) is 0.121. The summed E-state index contributed by atoms with van der Waals surface area (Å²) in [6.45, 7) is 3.48. The fourth-order valence-electron chi connectivity index (χ4n) is 2.85. The van der Waals surface area contributed by atoms with Gasteiger partial charge >= 0.3 is 0 Å². The van der Waals surface area contributed by atoms with Crippen LogP contribution in [0.15, 0.2) is 0 Å². The Bertz CT molecular complexity index is 327. The Balaban J connectivity index is 1.80. The van der Waals surface area contributed by atoms with Gasteiger partial charge < -0.3 is 10.2 Å². The lowest BCUT2D eigenvalue weighted by Gasteiger charge is -2.20. The second-order valence-electron chi connectivity index (χ2n) is 5.36. The van der Waals surface area contributed by atoms with Gasteiger partial charge in [-0.05, 0) is 39.0 Å². The zero-order valence-corrected chi connectivity index (χ0v) is 11.6. The molecule has 0 radical (unpaired) electrons. The zero-order valence-electron chi connectivity index (χ0n) is 10.8. The Morgan fingerprint density at radius 2 is 1.94 bits per heavy atom. The zero-order chi connectivity index (χ0) is 13.1. The van der Waals surface area contributed by atoms with E-state index in [2.05, 4.69) is 5.32 Å². The Labute approximate surface area is 113 Å². The lowest BCUT2D eigenvalue weighted by molar-refractivity contribution is -0.134. The topological polar surface area (TPSA) is 49.4 Å². The number of carbonyl (C=O) groups excluding carboxylic acids is 2. The van der Waals surface area contributed by atoms with Gasteiger partial charge in [0.05, 0.1) is 0 Å². The summed E-state index contributed by atoms with van der Waals surface area (Å²) in [6.07, 6.45) is 4.80. The number of hydrogen-bond acceptors (Lipinski definition) is 2. The molecule has 5 heteroatoms. The van der Waals surface area contributed by atoms with E-state index in [0.29, 0.717) is 0 Å². The maximum Gasteiger partial charge on any atom is 0.237 e. The van der Waals surface area contributed by atoms with Crippen molar-refractivity contribution in [2.75, 3.05) is 13.1 Å². The van der Waals surface area contributed by atoms with Crippen LogP contribution >= 0.6 is 11.6 Å². The van der Waals surface area contributed by atoms with Crippen LogP contribution in [0.2, 0.25) is 0 Å². The number of nitrogens with zero attached hydrogens (tertiary/aromatic N) is 1. The highest BCUT2D eigenvalue weighted by Crippen LogP contribution is 2.28. The average molecular weight is 273 g/mol. The van der Waals surface area contributed by atoms with Crippen molar-refractivity contribution in [3.05, 3.63) is 0 Å². The molecule has 0 spiro atoms. The number of alkyl halides is 1. The molecule has 1 aliphatic heterocycles. The number of hydrogen-bond donors (Lipinski definition) is 1. The van der Waals surface area contributed by atoms with Crippen molar-refractivity contribution in [2.24, 2.45) is 5.92 Å². The molecule has 1 heterocycles. The Hall–Kier alpha value is -0.770. The van der Waals surface area contributed by atoms with Crippen molar-refractivity contribution in [1.29, 1.82) is 0 Å². The van der Waals surface area contributed by atoms with Gasteiger partial charge in [0.25, 0.3) is 0 Å². The van der Waals surface area contributed by atoms with Crippen molar-refractivity contribution in [3.8, 4) is 0 Å². The van der Waals surface area contributed by atoms with E-state index < -0.39 is 5.38 Å². The smallest absolute Gasteiger partial charge is 0.237 e. The minimum absolute atomic E-state index is 0.0963. The molecule has 0 aromatic heterocycles. The predicted octanol–water partition coefficient (Wildman–Crippen LogP) is 1.52. The average Bonchev–Trinajstić information content (AvgIpc) is 2.98. The predicted molar refractivity (Wildman–Crippen MR) is 70.4 cm³/mol. The largest absolute Gasteiger partial charge is 0.352 e. The van der Waals surface area contributed by atoms with Gasteiger partial charge in [-0.25, -0.2) is 0 Å². The molecular weight excluding hydrogens is 252 g/mol. The highest BCUT2D eigenvalue weighted by Gasteiger charge is 2.34. The third-order valence-corrected chi connectivity index (χ3v) is 4.11. The van der Waals surface area contributed by atoms with E-state index in [9.17, 15) is 9.59 Å². The summed E-state index contributed by atoms with van der Waals surface area (Å²) >= 11 is 5.72. The van der Waals surface area contributed by atoms with Gasteiger partial charge in [0, 0.05) is 25.0 Å². The number of nitrogens with one attached hydrogen (secondary N) is 1. The third kappa shape index (κ3) is 3.16. The normalized spacial score (nSPS) is 29.3. The monoisotopic (exact) mass is 272 g/mol. The molecule has 2 amide bonds. The van der Waals surface area contributed by atoms with Crippen LogP contribution in [0.1, 0.15) is 39.0 Å². The van der Waals surface area contributed by atoms with Gasteiger partial charge in [0.2, 0.25) is 11.8 Å². The first-order valence-corrected chi connectivity index (χ1v) is 7.25. The van der Waals surface area contributed by atoms with E-state index >= 15 is 0 Å². The van der Waals surface area contributed by atoms with Crippen LogP contribution in [0, 0.1) is 5.92 Å². The minimum Gasteiger partial charge on any atom is -0.352 e. The lowest BCUT2D eigenvalue weighted by Crippen LogP contribution is -2.38. The minimum atomic E-state index is -0.502. The molecule has 3 atom stereocenters. The quantitative estimate of drug-likeness (QED) is 0.792. The first-order chi connectivity index (χ1) is 8.58. The molecule has 0 aromatic rings. The van der Waals surface area contributed by atoms with Gasteiger partial charge in [-0.1, -0.05) is 0 Å². The first kappa shape index (κ1) is 13.7. The van der Waals surface area contributed by atoms with Crippen LogP contribution in [-0.2, 0) is 9.59 Å². The SMILES string of the molecule is CC(Cl)C(=O)N[C@@H]1CC[C@H](C(=O)N2CCCC2)C1. The van der Waals surface area contributed by atoms with Crippen LogP contribution in [0.3, 0.4) is 0 Å². The molecule has 1 unspecified atom stereocenters. The third-order valence-electron chi connectivity index (χ3n) is 3.91. The van der Waals surface area contributed by atoms with Gasteiger partial charge in [0.1, 0.15) is 5.38 Å². The summed E-state index contributed by atoms with van der Waals surface area (Å²) in [4.78, 5) is 25.7. The van der Waals surface area contributed by atoms with Crippen molar-refractivity contribution in [1.82, 2.24) is 10.2 Å². The molecule has 4 nitrogen and oxygen atoms in total. The van der Waals surface area contributed by atoms with Gasteiger partial charge in [-0.3, -0.25) is 9.59 Å². The van der Waals surface area contributed by atoms with E-state index in [1.54, 1.807) is 6.92 Å². The van der Waals surface area contributed by atoms with Gasteiger partial charge in [-0.2, -0.15) is 0 Å². The second-order valence-corrected chi connectivity index (χ2v) is 6.02. The van der Waals surface area contributed by atoms with Crippen LogP contribution in [-0.4, -0.2) is 41.2 Å². The van der Waals surface area contributed by atoms with Crippen molar-refractivity contribution < 1.29 is 9.59 Å². The van der Waals surface area contributed by atoms with E-state index in [1.807, 2.05) is 4.90 Å². The fraction of sp³-hybridized carbons (Fsp3) is 0.846. The van der Waals surface area contributed by atoms with Gasteiger partial charge in [-0.15, -0.1) is 11.6 Å². The molecule has 2 fully saturated rings. The highest BCUT2D eigenvalue weighted by molar-refractivity contribution is 6.30. The van der Waals surface area contributed by atoms with Crippen LogP contribution in [0.5, 0.6) is 0 Å². The molecule has 1 aliphatic carbocycles. The summed E-state index contributed by atoms with van der Waals surface area (Å²) in [5.41, 5.74) is 0. The van der Waals surface area contributed by atoms with Crippen LogP contribution in [0.25, 0.3) is 0 Å². The molecule has 2 rings (SSSR count). The standard InChI is InChI=1S/C13H21ClN2O2/c1-9(14)12(17)15-11-5-4-10(8-11)13(18)16-6-2-3-7-16/h9-11H,2-8H2,1H3,(H,15,17)/t9?,10-,11+/m0/s1. The Morgan fingerprint density at radius 1 is 1.28 bits per heavy atom. The summed E-state index contributed by atoms with van der Waals surface area (Å²) in [5.74, 6) is 0.248. The molecule has 18 heavy (non-hydrogen) atoms. The Kier molecular flexibility index (Phi) is 4.49. The first-order valence-electron chi connectivity index (χ1n) is 6.81. The summed E-state index contributed by atoms with van der Waals surface area (Å²) in [7, 11) is 0. The van der Waals surface area contributed by atoms with E-state index in [1.165, 1.54) is 0 Å². The molecule has 1 saturated carbocycles. The number of likely N-dealkylation sites (tertiary alicyclic amines) is 1. The maximum atomic E-state index is 12.2. The molecule has 0 aromatic carbocycles. The van der Waals surface area contributed by atoms with Crippen LogP contribution < -0.4 is 5.32 Å². The van der Waals surface area contributed by atoms with Crippen molar-refractivity contribution >= 4 is 23.4 Å². The second kappa shape index (κ2) is 5.91. The van der Waals surface area contributed by atoms with Crippen LogP contribution in [0.4, 0.5) is 0 Å². The van der Waals surface area contributed by atoms with Crippen molar-refractivity contribution in [2.45, 2.75) is 50.4 Å². The van der Waals surface area contributed by atoms with E-state index in [-0.39, 0.29) is 23.8 Å². The van der Waals surface area contributed by atoms with Crippen molar-refractivity contribution in [3.63, 3.8) is 0 Å². The molecule has 0 bridgehead atoms. The molecule has 1 N–H and O–H groups in total. The molecule has 2 aliphatic rings. The molecule has 102 valence electrons.